The second-order valence-electron chi connectivity index (χ2n) is 3.82. The third kappa shape index (κ3) is 2.72. The molecule has 13 heavy (non-hydrogen) atoms. The number of anilines is 1. The zero-order valence-corrected chi connectivity index (χ0v) is 8.09. The van der Waals surface area contributed by atoms with Gasteiger partial charge in [0.1, 0.15) is 5.82 Å². The lowest BCUT2D eigenvalue weighted by Gasteiger charge is -2.04. The SMILES string of the molecule is Cc1cccc(NCCC2CC2)n1. The largest absolute Gasteiger partial charge is 0.370 e. The quantitative estimate of drug-likeness (QED) is 0.762. The number of nitrogens with one attached hydrogen (secondary N) is 1. The van der Waals surface area contributed by atoms with Crippen molar-refractivity contribution in [3.05, 3.63) is 23.9 Å². The fourth-order valence-corrected chi connectivity index (χ4v) is 1.45. The number of aryl methyl sites for hydroxylation is 1. The Morgan fingerprint density at radius 2 is 2.31 bits per heavy atom. The normalized spacial score (nSPS) is 15.8. The van der Waals surface area contributed by atoms with Crippen molar-refractivity contribution in [3.63, 3.8) is 0 Å². The average molecular weight is 176 g/mol. The summed E-state index contributed by atoms with van der Waals surface area (Å²) >= 11 is 0. The van der Waals surface area contributed by atoms with Gasteiger partial charge in [-0.25, -0.2) is 4.98 Å². The number of hydrogen-bond donors (Lipinski definition) is 1. The molecule has 0 spiro atoms. The van der Waals surface area contributed by atoms with Gasteiger partial charge in [0.25, 0.3) is 0 Å². The van der Waals surface area contributed by atoms with Crippen LogP contribution in [0.1, 0.15) is 25.0 Å². The first-order valence-electron chi connectivity index (χ1n) is 5.02. The molecular weight excluding hydrogens is 160 g/mol. The first kappa shape index (κ1) is 8.54. The van der Waals surface area contributed by atoms with E-state index in [4.69, 9.17) is 0 Å². The number of pyridine rings is 1. The molecule has 0 saturated heterocycles. The van der Waals surface area contributed by atoms with Gasteiger partial charge in [0.2, 0.25) is 0 Å². The van der Waals surface area contributed by atoms with Crippen LogP contribution in [0, 0.1) is 12.8 Å². The van der Waals surface area contributed by atoms with E-state index in [1.165, 1.54) is 19.3 Å². The van der Waals surface area contributed by atoms with Crippen molar-refractivity contribution in [2.24, 2.45) is 5.92 Å². The van der Waals surface area contributed by atoms with E-state index in [2.05, 4.69) is 10.3 Å². The number of aromatic nitrogens is 1. The zero-order valence-electron chi connectivity index (χ0n) is 8.09. The maximum absolute atomic E-state index is 4.38. The molecule has 0 aromatic carbocycles. The first-order valence-corrected chi connectivity index (χ1v) is 5.02. The lowest BCUT2D eigenvalue weighted by molar-refractivity contribution is 0.758. The summed E-state index contributed by atoms with van der Waals surface area (Å²) in [5.74, 6) is 2.01. The molecule has 2 rings (SSSR count). The standard InChI is InChI=1S/C11H16N2/c1-9-3-2-4-11(13-9)12-8-7-10-5-6-10/h2-4,10H,5-8H2,1H3,(H,12,13). The Morgan fingerprint density at radius 3 is 3.00 bits per heavy atom. The molecule has 1 aromatic rings. The van der Waals surface area contributed by atoms with E-state index in [0.29, 0.717) is 0 Å². The van der Waals surface area contributed by atoms with Crippen molar-refractivity contribution >= 4 is 5.82 Å². The van der Waals surface area contributed by atoms with Crippen molar-refractivity contribution in [1.82, 2.24) is 4.98 Å². The van der Waals surface area contributed by atoms with Crippen LogP contribution in [0.25, 0.3) is 0 Å². The summed E-state index contributed by atoms with van der Waals surface area (Å²) in [6, 6.07) is 6.09. The molecule has 0 atom stereocenters. The lowest BCUT2D eigenvalue weighted by Crippen LogP contribution is -2.04. The Balaban J connectivity index is 1.79. The number of nitrogens with zero attached hydrogens (tertiary/aromatic N) is 1. The van der Waals surface area contributed by atoms with Crippen LogP contribution in [0.5, 0.6) is 0 Å². The first-order chi connectivity index (χ1) is 6.34. The van der Waals surface area contributed by atoms with E-state index >= 15 is 0 Å². The third-order valence-corrected chi connectivity index (χ3v) is 2.44. The second kappa shape index (κ2) is 3.77. The Hall–Kier alpha value is -1.05. The zero-order chi connectivity index (χ0) is 9.10. The van der Waals surface area contributed by atoms with Gasteiger partial charge < -0.3 is 5.32 Å². The minimum Gasteiger partial charge on any atom is -0.370 e. The van der Waals surface area contributed by atoms with E-state index in [0.717, 1.165) is 24.0 Å². The van der Waals surface area contributed by atoms with E-state index < -0.39 is 0 Å². The smallest absolute Gasteiger partial charge is 0.126 e. The van der Waals surface area contributed by atoms with E-state index in [9.17, 15) is 0 Å². The van der Waals surface area contributed by atoms with Crippen LogP contribution < -0.4 is 5.32 Å². The van der Waals surface area contributed by atoms with Gasteiger partial charge in [0.15, 0.2) is 0 Å². The summed E-state index contributed by atoms with van der Waals surface area (Å²) in [6.45, 7) is 3.09. The van der Waals surface area contributed by atoms with Crippen LogP contribution in [0.3, 0.4) is 0 Å². The molecule has 0 unspecified atom stereocenters. The summed E-state index contributed by atoms with van der Waals surface area (Å²) in [5, 5.41) is 3.35. The Morgan fingerprint density at radius 1 is 1.46 bits per heavy atom. The molecule has 1 aliphatic carbocycles. The molecule has 0 aliphatic heterocycles. The highest BCUT2D eigenvalue weighted by Crippen LogP contribution is 2.31. The summed E-state index contributed by atoms with van der Waals surface area (Å²) < 4.78 is 0. The Kier molecular flexibility index (Phi) is 2.48. The van der Waals surface area contributed by atoms with Crippen molar-refractivity contribution in [3.8, 4) is 0 Å². The van der Waals surface area contributed by atoms with E-state index in [1.807, 2.05) is 25.1 Å². The Bertz CT molecular complexity index is 279. The van der Waals surface area contributed by atoms with Gasteiger partial charge in [-0.05, 0) is 31.4 Å². The molecular formula is C11H16N2. The highest BCUT2D eigenvalue weighted by atomic mass is 15.0. The number of rotatable bonds is 4. The molecule has 2 nitrogen and oxygen atoms in total. The molecule has 1 N–H and O–H groups in total. The molecule has 1 saturated carbocycles. The summed E-state index contributed by atoms with van der Waals surface area (Å²) in [4.78, 5) is 4.38. The molecule has 0 radical (unpaired) electrons. The van der Waals surface area contributed by atoms with Gasteiger partial charge >= 0.3 is 0 Å². The highest BCUT2D eigenvalue weighted by molar-refractivity contribution is 5.34. The summed E-state index contributed by atoms with van der Waals surface area (Å²) in [7, 11) is 0. The highest BCUT2D eigenvalue weighted by Gasteiger charge is 2.20. The molecule has 0 amide bonds. The van der Waals surface area contributed by atoms with E-state index in [1.54, 1.807) is 0 Å². The van der Waals surface area contributed by atoms with Gasteiger partial charge in [0.05, 0.1) is 0 Å². The van der Waals surface area contributed by atoms with Crippen LogP contribution in [-0.4, -0.2) is 11.5 Å². The molecule has 1 aromatic heterocycles. The molecule has 2 heteroatoms. The molecule has 1 fully saturated rings. The lowest BCUT2D eigenvalue weighted by atomic mass is 10.3. The van der Waals surface area contributed by atoms with Crippen molar-refractivity contribution in [1.29, 1.82) is 0 Å². The second-order valence-corrected chi connectivity index (χ2v) is 3.82. The maximum atomic E-state index is 4.38. The van der Waals surface area contributed by atoms with Crippen LogP contribution in [0.4, 0.5) is 5.82 Å². The monoisotopic (exact) mass is 176 g/mol. The minimum atomic E-state index is 0.998. The van der Waals surface area contributed by atoms with Crippen molar-refractivity contribution < 1.29 is 0 Å². The molecule has 1 aliphatic rings. The number of hydrogen-bond acceptors (Lipinski definition) is 2. The van der Waals surface area contributed by atoms with Crippen LogP contribution in [0.2, 0.25) is 0 Å². The predicted molar refractivity (Wildman–Crippen MR) is 54.8 cm³/mol. The predicted octanol–water partition coefficient (Wildman–Crippen LogP) is 2.60. The van der Waals surface area contributed by atoms with Gasteiger partial charge in [-0.2, -0.15) is 0 Å². The van der Waals surface area contributed by atoms with Gasteiger partial charge in [-0.15, -0.1) is 0 Å². The third-order valence-electron chi connectivity index (χ3n) is 2.44. The molecule has 0 bridgehead atoms. The van der Waals surface area contributed by atoms with Crippen molar-refractivity contribution in [2.75, 3.05) is 11.9 Å². The van der Waals surface area contributed by atoms with E-state index in [-0.39, 0.29) is 0 Å². The minimum absolute atomic E-state index is 0.998. The van der Waals surface area contributed by atoms with Crippen molar-refractivity contribution in [2.45, 2.75) is 26.2 Å². The van der Waals surface area contributed by atoms with Crippen LogP contribution in [-0.2, 0) is 0 Å². The van der Waals surface area contributed by atoms with Crippen LogP contribution in [0.15, 0.2) is 18.2 Å². The average Bonchev–Trinajstić information content (AvgIpc) is 2.88. The maximum Gasteiger partial charge on any atom is 0.126 e. The summed E-state index contributed by atoms with van der Waals surface area (Å²) in [6.07, 6.45) is 4.17. The Labute approximate surface area is 79.4 Å². The molecule has 70 valence electrons. The van der Waals surface area contributed by atoms with Crippen LogP contribution >= 0.6 is 0 Å². The van der Waals surface area contributed by atoms with Gasteiger partial charge in [0, 0.05) is 12.2 Å². The fraction of sp³-hybridized carbons (Fsp3) is 0.545. The molecule has 1 heterocycles. The van der Waals surface area contributed by atoms with Gasteiger partial charge in [-0.1, -0.05) is 18.9 Å². The van der Waals surface area contributed by atoms with Gasteiger partial charge in [-0.3, -0.25) is 0 Å². The topological polar surface area (TPSA) is 24.9 Å². The fourth-order valence-electron chi connectivity index (χ4n) is 1.45. The summed E-state index contributed by atoms with van der Waals surface area (Å²) in [5.41, 5.74) is 1.08.